The quantitative estimate of drug-likeness (QED) is 0.869. The average molecular weight is 254 g/mol. The zero-order valence-electron chi connectivity index (χ0n) is 9.58. The van der Waals surface area contributed by atoms with Crippen molar-refractivity contribution in [1.29, 1.82) is 0 Å². The zero-order chi connectivity index (χ0) is 12.3. The highest BCUT2D eigenvalue weighted by Gasteiger charge is 2.34. The van der Waals surface area contributed by atoms with Crippen LogP contribution < -0.4 is 5.32 Å². The van der Waals surface area contributed by atoms with Crippen LogP contribution in [0.2, 0.25) is 5.02 Å². The molecule has 2 rings (SSSR count). The number of aliphatic hydroxyl groups excluding tert-OH is 1. The minimum Gasteiger partial charge on any atom is -0.394 e. The maximum absolute atomic E-state index is 12.0. The number of benzene rings is 1. The highest BCUT2D eigenvalue weighted by molar-refractivity contribution is 6.30. The first-order valence-electron chi connectivity index (χ1n) is 5.84. The molecule has 0 aromatic heterocycles. The van der Waals surface area contributed by atoms with E-state index in [-0.39, 0.29) is 12.5 Å². The Kier molecular flexibility index (Phi) is 3.69. The lowest BCUT2D eigenvalue weighted by molar-refractivity contribution is 0.0838. The first-order valence-corrected chi connectivity index (χ1v) is 6.22. The molecule has 4 heteroatoms. The van der Waals surface area contributed by atoms with Crippen LogP contribution in [-0.2, 0) is 0 Å². The summed E-state index contributed by atoms with van der Waals surface area (Å²) < 4.78 is 0. The second-order valence-electron chi connectivity index (χ2n) is 4.61. The summed E-state index contributed by atoms with van der Waals surface area (Å²) >= 11 is 5.77. The van der Waals surface area contributed by atoms with E-state index in [0.29, 0.717) is 10.6 Å². The molecule has 17 heavy (non-hydrogen) atoms. The summed E-state index contributed by atoms with van der Waals surface area (Å²) in [5.74, 6) is -0.141. The van der Waals surface area contributed by atoms with E-state index >= 15 is 0 Å². The summed E-state index contributed by atoms with van der Waals surface area (Å²) in [7, 11) is 0. The summed E-state index contributed by atoms with van der Waals surface area (Å²) in [6, 6.07) is 6.77. The van der Waals surface area contributed by atoms with Gasteiger partial charge in [-0.1, -0.05) is 24.4 Å². The Morgan fingerprint density at radius 3 is 2.41 bits per heavy atom. The number of hydrogen-bond donors (Lipinski definition) is 2. The lowest BCUT2D eigenvalue weighted by Gasteiger charge is -2.27. The standard InChI is InChI=1S/C13H16ClNO2/c14-11-5-3-10(4-6-11)12(17)15-13(9-16)7-1-2-8-13/h3-6,16H,1-2,7-9H2,(H,15,17). The number of amides is 1. The van der Waals surface area contributed by atoms with Crippen molar-refractivity contribution in [2.24, 2.45) is 0 Å². The molecule has 0 aliphatic heterocycles. The fourth-order valence-electron chi connectivity index (χ4n) is 2.29. The average Bonchev–Trinajstić information content (AvgIpc) is 2.79. The predicted molar refractivity (Wildman–Crippen MR) is 67.2 cm³/mol. The minimum absolute atomic E-state index is 0.00628. The van der Waals surface area contributed by atoms with Crippen molar-refractivity contribution >= 4 is 17.5 Å². The molecular weight excluding hydrogens is 238 g/mol. The highest BCUT2D eigenvalue weighted by Crippen LogP contribution is 2.29. The van der Waals surface area contributed by atoms with Crippen LogP contribution in [0.25, 0.3) is 0 Å². The third kappa shape index (κ3) is 2.79. The monoisotopic (exact) mass is 253 g/mol. The van der Waals surface area contributed by atoms with Crippen LogP contribution in [0.1, 0.15) is 36.0 Å². The SMILES string of the molecule is O=C(NC1(CO)CCCC1)c1ccc(Cl)cc1. The molecule has 0 atom stereocenters. The molecule has 1 aromatic carbocycles. The van der Waals surface area contributed by atoms with Crippen molar-refractivity contribution in [2.75, 3.05) is 6.61 Å². The van der Waals surface area contributed by atoms with Crippen molar-refractivity contribution in [3.63, 3.8) is 0 Å². The van der Waals surface area contributed by atoms with Gasteiger partial charge >= 0.3 is 0 Å². The Labute approximate surface area is 106 Å². The molecule has 1 amide bonds. The molecule has 0 unspecified atom stereocenters. The number of rotatable bonds is 3. The number of nitrogens with one attached hydrogen (secondary N) is 1. The first kappa shape index (κ1) is 12.4. The molecule has 1 aliphatic rings. The molecule has 92 valence electrons. The third-order valence-corrected chi connectivity index (χ3v) is 3.60. The molecule has 0 bridgehead atoms. The van der Waals surface area contributed by atoms with Gasteiger partial charge < -0.3 is 10.4 Å². The van der Waals surface area contributed by atoms with E-state index in [1.165, 1.54) is 0 Å². The molecule has 2 N–H and O–H groups in total. The van der Waals surface area contributed by atoms with Crippen molar-refractivity contribution in [1.82, 2.24) is 5.32 Å². The van der Waals surface area contributed by atoms with Gasteiger partial charge in [-0.05, 0) is 37.1 Å². The van der Waals surface area contributed by atoms with Crippen LogP contribution in [-0.4, -0.2) is 23.2 Å². The molecule has 0 spiro atoms. The summed E-state index contributed by atoms with van der Waals surface area (Å²) in [6.07, 6.45) is 3.81. The lowest BCUT2D eigenvalue weighted by atomic mass is 9.98. The smallest absolute Gasteiger partial charge is 0.251 e. The molecule has 0 heterocycles. The normalized spacial score (nSPS) is 18.0. The maximum atomic E-state index is 12.0. The molecular formula is C13H16ClNO2. The van der Waals surface area contributed by atoms with Gasteiger partial charge in [-0.15, -0.1) is 0 Å². The number of carbonyl (C=O) groups is 1. The van der Waals surface area contributed by atoms with Gasteiger partial charge in [-0.3, -0.25) is 4.79 Å². The molecule has 0 radical (unpaired) electrons. The largest absolute Gasteiger partial charge is 0.394 e. The Morgan fingerprint density at radius 1 is 1.29 bits per heavy atom. The van der Waals surface area contributed by atoms with Gasteiger partial charge in [0.05, 0.1) is 12.1 Å². The number of carbonyl (C=O) groups excluding carboxylic acids is 1. The predicted octanol–water partition coefficient (Wildman–Crippen LogP) is 2.37. The summed E-state index contributed by atoms with van der Waals surface area (Å²) in [4.78, 5) is 12.0. The van der Waals surface area contributed by atoms with Crippen molar-refractivity contribution in [3.8, 4) is 0 Å². The van der Waals surface area contributed by atoms with Crippen LogP contribution in [0.3, 0.4) is 0 Å². The molecule has 1 saturated carbocycles. The fourth-order valence-corrected chi connectivity index (χ4v) is 2.41. The van der Waals surface area contributed by atoms with E-state index < -0.39 is 5.54 Å². The Balaban J connectivity index is 2.08. The maximum Gasteiger partial charge on any atom is 0.251 e. The zero-order valence-corrected chi connectivity index (χ0v) is 10.3. The van der Waals surface area contributed by atoms with Crippen LogP contribution in [0.4, 0.5) is 0 Å². The van der Waals surface area contributed by atoms with Crippen LogP contribution in [0.5, 0.6) is 0 Å². The molecule has 1 fully saturated rings. The number of halogens is 1. The van der Waals surface area contributed by atoms with Gasteiger partial charge in [0.1, 0.15) is 0 Å². The van der Waals surface area contributed by atoms with Crippen molar-refractivity contribution < 1.29 is 9.90 Å². The van der Waals surface area contributed by atoms with Gasteiger partial charge in [0.25, 0.3) is 5.91 Å². The highest BCUT2D eigenvalue weighted by atomic mass is 35.5. The van der Waals surface area contributed by atoms with E-state index in [1.807, 2.05) is 0 Å². The van der Waals surface area contributed by atoms with Crippen molar-refractivity contribution in [2.45, 2.75) is 31.2 Å². The third-order valence-electron chi connectivity index (χ3n) is 3.35. The lowest BCUT2D eigenvalue weighted by Crippen LogP contribution is -2.49. The molecule has 0 saturated heterocycles. The van der Waals surface area contributed by atoms with Crippen LogP contribution in [0, 0.1) is 0 Å². The van der Waals surface area contributed by atoms with E-state index in [1.54, 1.807) is 24.3 Å². The van der Waals surface area contributed by atoms with E-state index in [2.05, 4.69) is 5.32 Å². The van der Waals surface area contributed by atoms with Crippen LogP contribution >= 0.6 is 11.6 Å². The van der Waals surface area contributed by atoms with Gasteiger partial charge in [0.2, 0.25) is 0 Å². The Hall–Kier alpha value is -1.06. The summed E-state index contributed by atoms with van der Waals surface area (Å²) in [5, 5.41) is 13.0. The van der Waals surface area contributed by atoms with Gasteiger partial charge in [-0.2, -0.15) is 0 Å². The fraction of sp³-hybridized carbons (Fsp3) is 0.462. The minimum atomic E-state index is -0.420. The summed E-state index contributed by atoms with van der Waals surface area (Å²) in [6.45, 7) is 0.00628. The van der Waals surface area contributed by atoms with E-state index in [4.69, 9.17) is 11.6 Å². The Morgan fingerprint density at radius 2 is 1.88 bits per heavy atom. The number of hydrogen-bond acceptors (Lipinski definition) is 2. The number of aliphatic hydroxyl groups is 1. The second-order valence-corrected chi connectivity index (χ2v) is 5.04. The van der Waals surface area contributed by atoms with Gasteiger partial charge in [0.15, 0.2) is 0 Å². The summed E-state index contributed by atoms with van der Waals surface area (Å²) in [5.41, 5.74) is 0.158. The van der Waals surface area contributed by atoms with Gasteiger partial charge in [0, 0.05) is 10.6 Å². The molecule has 1 aliphatic carbocycles. The molecule has 3 nitrogen and oxygen atoms in total. The molecule has 1 aromatic rings. The van der Waals surface area contributed by atoms with E-state index in [0.717, 1.165) is 25.7 Å². The topological polar surface area (TPSA) is 49.3 Å². The Bertz CT molecular complexity index is 396. The second kappa shape index (κ2) is 5.07. The van der Waals surface area contributed by atoms with E-state index in [9.17, 15) is 9.90 Å². The van der Waals surface area contributed by atoms with Gasteiger partial charge in [-0.25, -0.2) is 0 Å². The first-order chi connectivity index (χ1) is 8.15. The van der Waals surface area contributed by atoms with Crippen molar-refractivity contribution in [3.05, 3.63) is 34.9 Å². The van der Waals surface area contributed by atoms with Crippen LogP contribution in [0.15, 0.2) is 24.3 Å².